The molecule has 0 saturated carbocycles. The lowest BCUT2D eigenvalue weighted by Gasteiger charge is -2.41. The first-order chi connectivity index (χ1) is 19.4. The Kier molecular flexibility index (Phi) is 12.1. The number of likely N-dealkylation sites (tertiary alicyclic amines) is 1. The summed E-state index contributed by atoms with van der Waals surface area (Å²) >= 11 is 0. The summed E-state index contributed by atoms with van der Waals surface area (Å²) in [6.45, 7) is 15.0. The van der Waals surface area contributed by atoms with Crippen molar-refractivity contribution in [3.8, 4) is 0 Å². The number of carbonyl (C=O) groups excluding carboxylic acids is 4. The van der Waals surface area contributed by atoms with E-state index in [9.17, 15) is 19.2 Å². The van der Waals surface area contributed by atoms with Crippen LogP contribution in [-0.4, -0.2) is 103 Å². The van der Waals surface area contributed by atoms with Gasteiger partial charge in [-0.15, -0.1) is 0 Å². The van der Waals surface area contributed by atoms with E-state index in [0.717, 1.165) is 12.0 Å². The number of carbonyl (C=O) groups is 4. The average Bonchev–Trinajstić information content (AvgIpc) is 3.40. The monoisotopic (exact) mass is 586 g/mol. The molecule has 0 aliphatic carbocycles. The number of hydrogen-bond acceptors (Lipinski definition) is 6. The molecule has 42 heavy (non-hydrogen) atoms. The third kappa shape index (κ3) is 8.53. The summed E-state index contributed by atoms with van der Waals surface area (Å²) in [5, 5.41) is 6.26. The van der Waals surface area contributed by atoms with Crippen molar-refractivity contribution < 1.29 is 19.2 Å². The summed E-state index contributed by atoms with van der Waals surface area (Å²) in [4.78, 5) is 57.8. The number of primary amides is 1. The van der Waals surface area contributed by atoms with E-state index in [0.29, 0.717) is 19.5 Å². The molecule has 0 bridgehead atoms. The summed E-state index contributed by atoms with van der Waals surface area (Å²) in [7, 11) is 5.36. The third-order valence-electron chi connectivity index (χ3n) is 8.61. The molecule has 1 fully saturated rings. The van der Waals surface area contributed by atoms with Crippen molar-refractivity contribution in [2.45, 2.75) is 90.9 Å². The van der Waals surface area contributed by atoms with Gasteiger partial charge >= 0.3 is 0 Å². The van der Waals surface area contributed by atoms with Crippen LogP contribution in [0.5, 0.6) is 0 Å². The quantitative estimate of drug-likeness (QED) is 0.324. The fraction of sp³-hybridized carbons (Fsp3) is 0.688. The zero-order valence-electron chi connectivity index (χ0n) is 27.4. The minimum Gasteiger partial charge on any atom is -0.368 e. The highest BCUT2D eigenvalue weighted by molar-refractivity contribution is 5.91. The molecule has 1 unspecified atom stereocenters. The number of likely N-dealkylation sites (N-methyl/N-ethyl adjacent to an activating group) is 3. The van der Waals surface area contributed by atoms with Crippen molar-refractivity contribution in [2.75, 3.05) is 40.8 Å². The molecule has 1 aromatic carbocycles. The Balaban J connectivity index is 2.20. The Morgan fingerprint density at radius 2 is 1.62 bits per heavy atom. The van der Waals surface area contributed by atoms with Gasteiger partial charge in [-0.3, -0.25) is 24.1 Å². The summed E-state index contributed by atoms with van der Waals surface area (Å²) in [6, 6.07) is 7.74. The predicted octanol–water partition coefficient (Wildman–Crippen LogP) is 1.97. The van der Waals surface area contributed by atoms with Crippen LogP contribution in [0.4, 0.5) is 0 Å². The molecule has 1 aliphatic heterocycles. The van der Waals surface area contributed by atoms with Gasteiger partial charge in [-0.25, -0.2) is 0 Å². The van der Waals surface area contributed by atoms with Crippen molar-refractivity contribution in [1.29, 1.82) is 0 Å². The average molecular weight is 587 g/mol. The highest BCUT2D eigenvalue weighted by Gasteiger charge is 2.42. The van der Waals surface area contributed by atoms with Crippen molar-refractivity contribution in [2.24, 2.45) is 17.1 Å². The van der Waals surface area contributed by atoms with E-state index in [1.54, 1.807) is 23.9 Å². The van der Waals surface area contributed by atoms with Crippen LogP contribution in [0.1, 0.15) is 66.9 Å². The fourth-order valence-electron chi connectivity index (χ4n) is 5.94. The van der Waals surface area contributed by atoms with Gasteiger partial charge in [0.25, 0.3) is 0 Å². The molecule has 4 atom stereocenters. The normalized spacial score (nSPS) is 18.1. The molecule has 0 spiro atoms. The molecule has 0 aromatic heterocycles. The highest BCUT2D eigenvalue weighted by atomic mass is 16.2. The Bertz CT molecular complexity index is 1080. The molecule has 0 radical (unpaired) electrons. The highest BCUT2D eigenvalue weighted by Crippen LogP contribution is 2.29. The molecule has 2 rings (SSSR count). The van der Waals surface area contributed by atoms with E-state index in [1.165, 1.54) is 0 Å². The smallest absolute Gasteiger partial charge is 0.245 e. The van der Waals surface area contributed by atoms with Crippen LogP contribution in [0.25, 0.3) is 0 Å². The first-order valence-electron chi connectivity index (χ1n) is 15.0. The summed E-state index contributed by atoms with van der Waals surface area (Å²) in [6.07, 6.45) is 1.35. The molecule has 4 N–H and O–H groups in total. The van der Waals surface area contributed by atoms with Crippen LogP contribution < -0.4 is 16.4 Å². The number of rotatable bonds is 13. The van der Waals surface area contributed by atoms with Crippen LogP contribution in [0, 0.1) is 11.3 Å². The standard InChI is InChI=1S/C32H54N6O4/c1-21(2)24(19-36(9)20-25(39)38-18-14-17-23(38)28(33)40)37(10)30(42)27(31(3,4)5)35-29(41)26(34-8)32(6,7)22-15-12-11-13-16-22/h11-13,15-16,21,23-24,26-27,34H,14,17-20H2,1-10H3,(H2,33,40)(H,35,41)/t23-,24+,26+,27?/m0/s1. The lowest BCUT2D eigenvalue weighted by atomic mass is 9.76. The van der Waals surface area contributed by atoms with E-state index in [-0.39, 0.29) is 36.2 Å². The second-order valence-corrected chi connectivity index (χ2v) is 13.7. The first kappa shape index (κ1) is 35.2. The zero-order chi connectivity index (χ0) is 32.0. The van der Waals surface area contributed by atoms with Gasteiger partial charge in [-0.1, -0.05) is 78.8 Å². The van der Waals surface area contributed by atoms with Gasteiger partial charge in [0.2, 0.25) is 23.6 Å². The van der Waals surface area contributed by atoms with Crippen molar-refractivity contribution in [3.63, 3.8) is 0 Å². The number of hydrogen-bond donors (Lipinski definition) is 3. The van der Waals surface area contributed by atoms with Crippen LogP contribution in [-0.2, 0) is 24.6 Å². The first-order valence-corrected chi connectivity index (χ1v) is 15.0. The maximum absolute atomic E-state index is 14.1. The summed E-state index contributed by atoms with van der Waals surface area (Å²) in [5.41, 5.74) is 5.43. The van der Waals surface area contributed by atoms with Crippen molar-refractivity contribution in [1.82, 2.24) is 25.3 Å². The predicted molar refractivity (Wildman–Crippen MR) is 167 cm³/mol. The molecule has 4 amide bonds. The van der Waals surface area contributed by atoms with Gasteiger partial charge in [0.05, 0.1) is 12.6 Å². The van der Waals surface area contributed by atoms with Crippen LogP contribution in [0.15, 0.2) is 30.3 Å². The van der Waals surface area contributed by atoms with Gasteiger partial charge in [0.15, 0.2) is 0 Å². The lowest BCUT2D eigenvalue weighted by Crippen LogP contribution is -2.62. The Morgan fingerprint density at radius 3 is 2.12 bits per heavy atom. The SMILES string of the molecule is CN[C@H](C(=O)NC(C(=O)N(C)[C@H](CN(C)CC(=O)N1CCC[C@H]1C(N)=O)C(C)C)C(C)(C)C)C(C)(C)c1ccccc1. The van der Waals surface area contributed by atoms with Gasteiger partial charge in [-0.2, -0.15) is 0 Å². The largest absolute Gasteiger partial charge is 0.368 e. The van der Waals surface area contributed by atoms with Crippen LogP contribution in [0.2, 0.25) is 0 Å². The topological polar surface area (TPSA) is 128 Å². The number of nitrogens with zero attached hydrogens (tertiary/aromatic N) is 3. The number of amides is 4. The Labute approximate surface area is 252 Å². The van der Waals surface area contributed by atoms with Gasteiger partial charge < -0.3 is 26.2 Å². The van der Waals surface area contributed by atoms with Gasteiger partial charge in [0, 0.05) is 31.6 Å². The van der Waals surface area contributed by atoms with Crippen molar-refractivity contribution in [3.05, 3.63) is 35.9 Å². The van der Waals surface area contributed by atoms with E-state index in [4.69, 9.17) is 5.73 Å². The Hall–Kier alpha value is -2.98. The van der Waals surface area contributed by atoms with Crippen molar-refractivity contribution >= 4 is 23.6 Å². The molecule has 1 saturated heterocycles. The molecular weight excluding hydrogens is 532 g/mol. The second kappa shape index (κ2) is 14.5. The van der Waals surface area contributed by atoms with E-state index in [2.05, 4.69) is 10.6 Å². The minimum absolute atomic E-state index is 0.0834. The maximum atomic E-state index is 14.1. The van der Waals surface area contributed by atoms with Gasteiger partial charge in [-0.05, 0) is 43.8 Å². The number of nitrogens with one attached hydrogen (secondary N) is 2. The summed E-state index contributed by atoms with van der Waals surface area (Å²) < 4.78 is 0. The van der Waals surface area contributed by atoms with Gasteiger partial charge in [0.1, 0.15) is 12.1 Å². The molecular formula is C32H54N6O4. The third-order valence-corrected chi connectivity index (χ3v) is 8.61. The van der Waals surface area contributed by atoms with E-state index < -0.39 is 34.9 Å². The molecule has 10 heteroatoms. The molecule has 1 aliphatic rings. The maximum Gasteiger partial charge on any atom is 0.245 e. The lowest BCUT2D eigenvalue weighted by molar-refractivity contribution is -0.142. The van der Waals surface area contributed by atoms with E-state index >= 15 is 0 Å². The van der Waals surface area contributed by atoms with Crippen LogP contribution >= 0.6 is 0 Å². The number of benzene rings is 1. The molecule has 10 nitrogen and oxygen atoms in total. The minimum atomic E-state index is -0.772. The Morgan fingerprint density at radius 1 is 1.02 bits per heavy atom. The molecule has 1 heterocycles. The van der Waals surface area contributed by atoms with Crippen LogP contribution in [0.3, 0.4) is 0 Å². The second-order valence-electron chi connectivity index (χ2n) is 13.7. The molecule has 1 aromatic rings. The summed E-state index contributed by atoms with van der Waals surface area (Å²) in [5.74, 6) is -0.965. The molecule has 236 valence electrons. The number of nitrogens with two attached hydrogens (primary N) is 1. The van der Waals surface area contributed by atoms with E-state index in [1.807, 2.05) is 90.7 Å². The fourth-order valence-corrected chi connectivity index (χ4v) is 5.94. The zero-order valence-corrected chi connectivity index (χ0v) is 27.4.